The van der Waals surface area contributed by atoms with Crippen LogP contribution in [0.4, 0.5) is 0 Å². The molecule has 228 valence electrons. The predicted octanol–water partition coefficient (Wildman–Crippen LogP) is 7.47. The number of benzene rings is 3. The van der Waals surface area contributed by atoms with Gasteiger partial charge in [0.25, 0.3) is 0 Å². The third kappa shape index (κ3) is 9.83. The summed E-state index contributed by atoms with van der Waals surface area (Å²) in [6.07, 6.45) is -2.23. The Hall–Kier alpha value is -2.39. The van der Waals surface area contributed by atoms with Gasteiger partial charge in [0.1, 0.15) is 18.3 Å². The topological polar surface area (TPSA) is 81.7 Å². The second-order valence-corrected chi connectivity index (χ2v) is 11.8. The van der Waals surface area contributed by atoms with Crippen molar-refractivity contribution in [1.29, 1.82) is 0 Å². The van der Waals surface area contributed by atoms with E-state index >= 15 is 0 Å². The number of ether oxygens (including phenoxy) is 4. The molecule has 3 aromatic rings. The highest BCUT2D eigenvalue weighted by molar-refractivity contribution is 7.48. The molecule has 5 atom stereocenters. The first kappa shape index (κ1) is 32.5. The number of hydrogen-bond donors (Lipinski definition) is 0. The van der Waals surface area contributed by atoms with E-state index in [0.717, 1.165) is 16.7 Å². The lowest BCUT2D eigenvalue weighted by atomic mass is 9.98. The molecule has 8 nitrogen and oxygen atoms in total. The summed E-state index contributed by atoms with van der Waals surface area (Å²) in [5.74, 6) is 0. The molecule has 1 fully saturated rings. The van der Waals surface area contributed by atoms with E-state index in [0.29, 0.717) is 26.1 Å². The van der Waals surface area contributed by atoms with Gasteiger partial charge < -0.3 is 18.9 Å². The van der Waals surface area contributed by atoms with Crippen LogP contribution in [0.25, 0.3) is 0 Å². The Kier molecular flexibility index (Phi) is 13.2. The van der Waals surface area contributed by atoms with Gasteiger partial charge in [-0.3, -0.25) is 13.6 Å². The molecule has 0 N–H and O–H groups in total. The second kappa shape index (κ2) is 17.0. The van der Waals surface area contributed by atoms with Crippen molar-refractivity contribution in [3.8, 4) is 0 Å². The summed E-state index contributed by atoms with van der Waals surface area (Å²) in [5.41, 5.74) is 2.99. The molecule has 1 aliphatic heterocycles. The zero-order valence-electron chi connectivity index (χ0n) is 24.7. The van der Waals surface area contributed by atoms with E-state index in [1.165, 1.54) is 0 Å². The molecule has 1 saturated heterocycles. The molecule has 0 unspecified atom stereocenters. The monoisotopic (exact) mass is 598 g/mol. The fourth-order valence-corrected chi connectivity index (χ4v) is 6.02. The highest BCUT2D eigenvalue weighted by Crippen LogP contribution is 2.52. The van der Waals surface area contributed by atoms with Crippen LogP contribution in [0.1, 0.15) is 50.3 Å². The summed E-state index contributed by atoms with van der Waals surface area (Å²) in [6, 6.07) is 29.7. The van der Waals surface area contributed by atoms with Gasteiger partial charge in [-0.25, -0.2) is 4.57 Å². The molecule has 42 heavy (non-hydrogen) atoms. The highest BCUT2D eigenvalue weighted by atomic mass is 31.2. The van der Waals surface area contributed by atoms with E-state index in [-0.39, 0.29) is 19.8 Å². The Morgan fingerprint density at radius 1 is 0.619 bits per heavy atom. The van der Waals surface area contributed by atoms with Crippen LogP contribution in [0.3, 0.4) is 0 Å². The Labute approximate surface area is 249 Å². The largest absolute Gasteiger partial charge is 0.477 e. The minimum Gasteiger partial charge on any atom is -0.368 e. The molecule has 1 aliphatic rings. The normalized spacial score (nSPS) is 22.7. The van der Waals surface area contributed by atoms with E-state index in [4.69, 9.17) is 32.5 Å². The quantitative estimate of drug-likeness (QED) is 0.148. The standard InChI is InChI=1S/C33H43O8P/c1-4-21-38-42(34,39-22-5-2)41-33-32(37-25-29-19-13-8-14-20-29)31(36-24-28-17-11-7-12-18-28)30(26(3)40-33)35-23-27-15-9-6-10-16-27/h6-20,26,30-33H,4-5,21-25H2,1-3H3/t26-,30-,31+,32+,33-/m0/s1. The summed E-state index contributed by atoms with van der Waals surface area (Å²) in [6.45, 7) is 7.12. The molecule has 0 amide bonds. The van der Waals surface area contributed by atoms with E-state index in [2.05, 4.69) is 0 Å². The first-order valence-corrected chi connectivity index (χ1v) is 16.2. The Balaban J connectivity index is 1.63. The molecule has 4 rings (SSSR count). The van der Waals surface area contributed by atoms with Gasteiger partial charge in [-0.1, -0.05) is 105 Å². The molecule has 3 aromatic carbocycles. The Morgan fingerprint density at radius 2 is 1.02 bits per heavy atom. The highest BCUT2D eigenvalue weighted by Gasteiger charge is 2.50. The molecular weight excluding hydrogens is 555 g/mol. The van der Waals surface area contributed by atoms with Crippen LogP contribution in [0.5, 0.6) is 0 Å². The zero-order valence-corrected chi connectivity index (χ0v) is 25.6. The minimum absolute atomic E-state index is 0.218. The van der Waals surface area contributed by atoms with Crippen LogP contribution >= 0.6 is 7.82 Å². The van der Waals surface area contributed by atoms with Crippen molar-refractivity contribution in [2.24, 2.45) is 0 Å². The molecule has 9 heteroatoms. The molecule has 0 aromatic heterocycles. The first-order valence-electron chi connectivity index (χ1n) is 14.7. The van der Waals surface area contributed by atoms with Crippen LogP contribution in [0, 0.1) is 0 Å². The van der Waals surface area contributed by atoms with E-state index in [1.54, 1.807) is 0 Å². The zero-order chi connectivity index (χ0) is 29.6. The van der Waals surface area contributed by atoms with E-state index in [1.807, 2.05) is 112 Å². The SMILES string of the molecule is CCCOP(=O)(OCCC)O[C@@H]1O[C@@H](C)[C@H](OCc2ccccc2)[C@@H](OCc2ccccc2)[C@H]1OCc1ccccc1. The first-order chi connectivity index (χ1) is 20.5. The maximum atomic E-state index is 13.7. The van der Waals surface area contributed by atoms with Gasteiger partial charge in [-0.15, -0.1) is 0 Å². The smallest absolute Gasteiger partial charge is 0.368 e. The summed E-state index contributed by atoms with van der Waals surface area (Å²) in [4.78, 5) is 0. The van der Waals surface area contributed by atoms with Crippen LogP contribution in [0.2, 0.25) is 0 Å². The van der Waals surface area contributed by atoms with Crippen molar-refractivity contribution < 1.29 is 37.1 Å². The average molecular weight is 599 g/mol. The number of hydrogen-bond acceptors (Lipinski definition) is 8. The fraction of sp³-hybridized carbons (Fsp3) is 0.455. The lowest BCUT2D eigenvalue weighted by Crippen LogP contribution is -2.59. The van der Waals surface area contributed by atoms with Crippen molar-refractivity contribution in [3.05, 3.63) is 108 Å². The van der Waals surface area contributed by atoms with Crippen LogP contribution in [0.15, 0.2) is 91.0 Å². The van der Waals surface area contributed by atoms with Gasteiger partial charge in [0.2, 0.25) is 0 Å². The van der Waals surface area contributed by atoms with Gasteiger partial charge in [0.15, 0.2) is 6.29 Å². The lowest BCUT2D eigenvalue weighted by molar-refractivity contribution is -0.303. The summed E-state index contributed by atoms with van der Waals surface area (Å²) >= 11 is 0. The third-order valence-electron chi connectivity index (χ3n) is 6.72. The van der Waals surface area contributed by atoms with Gasteiger partial charge in [-0.2, -0.15) is 0 Å². The van der Waals surface area contributed by atoms with Crippen LogP contribution < -0.4 is 0 Å². The van der Waals surface area contributed by atoms with Crippen molar-refractivity contribution >= 4 is 7.82 Å². The van der Waals surface area contributed by atoms with Gasteiger partial charge in [0.05, 0.1) is 39.1 Å². The molecule has 1 heterocycles. The van der Waals surface area contributed by atoms with Crippen LogP contribution in [-0.2, 0) is 56.9 Å². The van der Waals surface area contributed by atoms with Crippen molar-refractivity contribution in [2.45, 2.75) is 84.1 Å². The van der Waals surface area contributed by atoms with Gasteiger partial charge in [-0.05, 0) is 36.5 Å². The summed E-state index contributed by atoms with van der Waals surface area (Å²) in [7, 11) is -3.97. The van der Waals surface area contributed by atoms with Crippen molar-refractivity contribution in [2.75, 3.05) is 13.2 Å². The molecular formula is C33H43O8P. The predicted molar refractivity (Wildman–Crippen MR) is 161 cm³/mol. The average Bonchev–Trinajstić information content (AvgIpc) is 3.02. The fourth-order valence-electron chi connectivity index (χ4n) is 4.59. The number of rotatable bonds is 17. The summed E-state index contributed by atoms with van der Waals surface area (Å²) < 4.78 is 56.9. The summed E-state index contributed by atoms with van der Waals surface area (Å²) in [5, 5.41) is 0. The third-order valence-corrected chi connectivity index (χ3v) is 8.19. The molecule has 0 aliphatic carbocycles. The van der Waals surface area contributed by atoms with Crippen molar-refractivity contribution in [1.82, 2.24) is 0 Å². The maximum Gasteiger partial charge on any atom is 0.477 e. The Bertz CT molecular complexity index is 1180. The van der Waals surface area contributed by atoms with Gasteiger partial charge in [0, 0.05) is 0 Å². The van der Waals surface area contributed by atoms with Gasteiger partial charge >= 0.3 is 7.82 Å². The molecule has 0 bridgehead atoms. The lowest BCUT2D eigenvalue weighted by Gasteiger charge is -2.45. The Morgan fingerprint density at radius 3 is 1.45 bits per heavy atom. The minimum atomic E-state index is -3.97. The van der Waals surface area contributed by atoms with Crippen molar-refractivity contribution in [3.63, 3.8) is 0 Å². The van der Waals surface area contributed by atoms with Crippen LogP contribution in [-0.4, -0.2) is 43.9 Å². The second-order valence-electron chi connectivity index (χ2n) is 10.2. The maximum absolute atomic E-state index is 13.7. The molecule has 0 spiro atoms. The van der Waals surface area contributed by atoms with E-state index < -0.39 is 38.5 Å². The molecule has 0 radical (unpaired) electrons. The molecule has 0 saturated carbocycles. The number of phosphoric acid groups is 1. The number of phosphoric ester groups is 1. The van der Waals surface area contributed by atoms with E-state index in [9.17, 15) is 4.57 Å².